The van der Waals surface area contributed by atoms with E-state index in [-0.39, 0.29) is 11.8 Å². The van der Waals surface area contributed by atoms with Gasteiger partial charge in [-0.2, -0.15) is 0 Å². The first kappa shape index (κ1) is 13.1. The summed E-state index contributed by atoms with van der Waals surface area (Å²) in [5.74, 6) is 0.329. The molecule has 1 atom stereocenters. The zero-order valence-corrected chi connectivity index (χ0v) is 11.0. The van der Waals surface area contributed by atoms with Crippen molar-refractivity contribution in [1.82, 2.24) is 10.6 Å². The van der Waals surface area contributed by atoms with Gasteiger partial charge in [0.05, 0.1) is 5.92 Å². The van der Waals surface area contributed by atoms with Gasteiger partial charge in [-0.15, -0.1) is 0 Å². The summed E-state index contributed by atoms with van der Waals surface area (Å²) in [4.78, 5) is 11.9. The van der Waals surface area contributed by atoms with Crippen LogP contribution in [0.15, 0.2) is 24.3 Å². The lowest BCUT2D eigenvalue weighted by Crippen LogP contribution is -2.40. The van der Waals surface area contributed by atoms with Gasteiger partial charge in [-0.3, -0.25) is 4.79 Å². The van der Waals surface area contributed by atoms with Crippen LogP contribution in [0.1, 0.15) is 30.9 Å². The molecule has 1 saturated heterocycles. The predicted octanol–water partition coefficient (Wildman–Crippen LogP) is 1.86. The van der Waals surface area contributed by atoms with E-state index in [1.165, 1.54) is 11.1 Å². The molecule has 1 unspecified atom stereocenters. The maximum absolute atomic E-state index is 11.9. The highest BCUT2D eigenvalue weighted by molar-refractivity contribution is 5.78. The standard InChI is InChI=1S/C15H22N2O/c1-2-12-5-7-13(8-6-12)10-17-15(18)14-4-3-9-16-11-14/h5-8,14,16H,2-4,9-11H2,1H3,(H,17,18). The Balaban J connectivity index is 1.80. The van der Waals surface area contributed by atoms with E-state index >= 15 is 0 Å². The third-order valence-corrected chi connectivity index (χ3v) is 3.57. The summed E-state index contributed by atoms with van der Waals surface area (Å²) in [6.07, 6.45) is 3.16. The highest BCUT2D eigenvalue weighted by Crippen LogP contribution is 2.10. The fraction of sp³-hybridized carbons (Fsp3) is 0.533. The number of hydrogen-bond acceptors (Lipinski definition) is 2. The number of carbonyl (C=O) groups is 1. The average Bonchev–Trinajstić information content (AvgIpc) is 2.46. The normalized spacial score (nSPS) is 19.5. The third-order valence-electron chi connectivity index (χ3n) is 3.57. The van der Waals surface area contributed by atoms with Gasteiger partial charge in [0.1, 0.15) is 0 Å². The zero-order chi connectivity index (χ0) is 12.8. The van der Waals surface area contributed by atoms with Crippen molar-refractivity contribution in [2.75, 3.05) is 13.1 Å². The van der Waals surface area contributed by atoms with Crippen LogP contribution in [0.5, 0.6) is 0 Å². The van der Waals surface area contributed by atoms with Crippen LogP contribution < -0.4 is 10.6 Å². The molecule has 0 radical (unpaired) electrons. The average molecular weight is 246 g/mol. The Labute approximate surface area is 109 Å². The van der Waals surface area contributed by atoms with Crippen LogP contribution in [0.3, 0.4) is 0 Å². The topological polar surface area (TPSA) is 41.1 Å². The first-order valence-corrected chi connectivity index (χ1v) is 6.86. The molecule has 2 rings (SSSR count). The van der Waals surface area contributed by atoms with Crippen LogP contribution in [0.2, 0.25) is 0 Å². The summed E-state index contributed by atoms with van der Waals surface area (Å²) in [5.41, 5.74) is 2.51. The molecule has 1 aliphatic heterocycles. The van der Waals surface area contributed by atoms with Crippen LogP contribution in [-0.4, -0.2) is 19.0 Å². The summed E-state index contributed by atoms with van der Waals surface area (Å²) in [6.45, 7) is 4.65. The summed E-state index contributed by atoms with van der Waals surface area (Å²) in [6, 6.07) is 8.45. The Kier molecular flexibility index (Phi) is 4.76. The minimum Gasteiger partial charge on any atom is -0.352 e. The molecule has 1 aromatic rings. The molecule has 0 bridgehead atoms. The highest BCUT2D eigenvalue weighted by Gasteiger charge is 2.20. The minimum atomic E-state index is 0.147. The Morgan fingerprint density at radius 2 is 2.06 bits per heavy atom. The van der Waals surface area contributed by atoms with Crippen molar-refractivity contribution in [2.24, 2.45) is 5.92 Å². The maximum Gasteiger partial charge on any atom is 0.224 e. The molecule has 1 fully saturated rings. The van der Waals surface area contributed by atoms with Gasteiger partial charge in [0, 0.05) is 13.1 Å². The number of benzene rings is 1. The smallest absolute Gasteiger partial charge is 0.224 e. The number of piperidine rings is 1. The van der Waals surface area contributed by atoms with Crippen LogP contribution >= 0.6 is 0 Å². The largest absolute Gasteiger partial charge is 0.352 e. The molecule has 0 aliphatic carbocycles. The molecule has 0 saturated carbocycles. The molecule has 1 aromatic carbocycles. The van der Waals surface area contributed by atoms with E-state index in [2.05, 4.69) is 41.8 Å². The maximum atomic E-state index is 11.9. The molecular weight excluding hydrogens is 224 g/mol. The molecule has 1 heterocycles. The van der Waals surface area contributed by atoms with Gasteiger partial charge in [-0.1, -0.05) is 31.2 Å². The van der Waals surface area contributed by atoms with E-state index in [0.29, 0.717) is 6.54 Å². The van der Waals surface area contributed by atoms with Crippen molar-refractivity contribution in [3.63, 3.8) is 0 Å². The predicted molar refractivity (Wildman–Crippen MR) is 73.3 cm³/mol. The highest BCUT2D eigenvalue weighted by atomic mass is 16.1. The molecule has 98 valence electrons. The minimum absolute atomic E-state index is 0.147. The van der Waals surface area contributed by atoms with E-state index < -0.39 is 0 Å². The van der Waals surface area contributed by atoms with E-state index in [9.17, 15) is 4.79 Å². The van der Waals surface area contributed by atoms with E-state index in [0.717, 1.165) is 32.4 Å². The summed E-state index contributed by atoms with van der Waals surface area (Å²) < 4.78 is 0. The summed E-state index contributed by atoms with van der Waals surface area (Å²) in [7, 11) is 0. The van der Waals surface area contributed by atoms with Crippen molar-refractivity contribution < 1.29 is 4.79 Å². The summed E-state index contributed by atoms with van der Waals surface area (Å²) >= 11 is 0. The molecule has 2 N–H and O–H groups in total. The number of aryl methyl sites for hydroxylation is 1. The summed E-state index contributed by atoms with van der Waals surface area (Å²) in [5, 5.41) is 6.30. The molecule has 3 heteroatoms. The van der Waals surface area contributed by atoms with Crippen molar-refractivity contribution >= 4 is 5.91 Å². The number of carbonyl (C=O) groups excluding carboxylic acids is 1. The lowest BCUT2D eigenvalue weighted by Gasteiger charge is -2.21. The number of nitrogens with one attached hydrogen (secondary N) is 2. The number of hydrogen-bond donors (Lipinski definition) is 2. The van der Waals surface area contributed by atoms with E-state index in [4.69, 9.17) is 0 Å². The van der Waals surface area contributed by atoms with Crippen molar-refractivity contribution in [1.29, 1.82) is 0 Å². The zero-order valence-electron chi connectivity index (χ0n) is 11.0. The Morgan fingerprint density at radius 3 is 2.67 bits per heavy atom. The van der Waals surface area contributed by atoms with Gasteiger partial charge in [0.15, 0.2) is 0 Å². The van der Waals surface area contributed by atoms with Crippen LogP contribution in [0.4, 0.5) is 0 Å². The Morgan fingerprint density at radius 1 is 1.33 bits per heavy atom. The van der Waals surface area contributed by atoms with Gasteiger partial charge in [-0.05, 0) is 36.9 Å². The second-order valence-corrected chi connectivity index (χ2v) is 4.93. The van der Waals surface area contributed by atoms with Crippen LogP contribution in [0.25, 0.3) is 0 Å². The lowest BCUT2D eigenvalue weighted by atomic mass is 9.99. The fourth-order valence-electron chi connectivity index (χ4n) is 2.30. The van der Waals surface area contributed by atoms with Gasteiger partial charge in [0.25, 0.3) is 0 Å². The quantitative estimate of drug-likeness (QED) is 0.851. The molecule has 1 aliphatic rings. The Bertz CT molecular complexity index is 380. The fourth-order valence-corrected chi connectivity index (χ4v) is 2.30. The van der Waals surface area contributed by atoms with E-state index in [1.54, 1.807) is 0 Å². The van der Waals surface area contributed by atoms with Crippen molar-refractivity contribution in [3.8, 4) is 0 Å². The van der Waals surface area contributed by atoms with Gasteiger partial charge in [0.2, 0.25) is 5.91 Å². The van der Waals surface area contributed by atoms with Crippen LogP contribution in [0, 0.1) is 5.92 Å². The molecule has 18 heavy (non-hydrogen) atoms. The monoisotopic (exact) mass is 246 g/mol. The molecule has 0 aromatic heterocycles. The molecular formula is C15H22N2O. The SMILES string of the molecule is CCc1ccc(CNC(=O)C2CCCNC2)cc1. The number of rotatable bonds is 4. The second-order valence-electron chi connectivity index (χ2n) is 4.93. The first-order chi connectivity index (χ1) is 8.79. The first-order valence-electron chi connectivity index (χ1n) is 6.86. The number of amides is 1. The molecule has 0 spiro atoms. The second kappa shape index (κ2) is 6.55. The van der Waals surface area contributed by atoms with Gasteiger partial charge >= 0.3 is 0 Å². The van der Waals surface area contributed by atoms with Gasteiger partial charge < -0.3 is 10.6 Å². The Hall–Kier alpha value is -1.35. The van der Waals surface area contributed by atoms with Crippen molar-refractivity contribution in [3.05, 3.63) is 35.4 Å². The molecule has 3 nitrogen and oxygen atoms in total. The van der Waals surface area contributed by atoms with Crippen LogP contribution in [-0.2, 0) is 17.8 Å². The molecule has 1 amide bonds. The van der Waals surface area contributed by atoms with Crippen molar-refractivity contribution in [2.45, 2.75) is 32.7 Å². The van der Waals surface area contributed by atoms with E-state index in [1.807, 2.05) is 0 Å². The lowest BCUT2D eigenvalue weighted by molar-refractivity contribution is -0.125. The third kappa shape index (κ3) is 3.57. The van der Waals surface area contributed by atoms with Gasteiger partial charge in [-0.25, -0.2) is 0 Å².